The van der Waals surface area contributed by atoms with E-state index in [4.69, 9.17) is 4.74 Å². The smallest absolute Gasteiger partial charge is 0.236 e. The van der Waals surface area contributed by atoms with Gasteiger partial charge in [0.15, 0.2) is 0 Å². The van der Waals surface area contributed by atoms with Gasteiger partial charge in [-0.3, -0.25) is 9.59 Å². The Kier molecular flexibility index (Phi) is 6.21. The number of rotatable bonds is 5. The zero-order valence-corrected chi connectivity index (χ0v) is 13.3. The van der Waals surface area contributed by atoms with Gasteiger partial charge in [-0.05, 0) is 12.1 Å². The van der Waals surface area contributed by atoms with Crippen molar-refractivity contribution in [1.82, 2.24) is 4.90 Å². The first-order valence-electron chi connectivity index (χ1n) is 7.04. The van der Waals surface area contributed by atoms with E-state index in [1.54, 1.807) is 23.1 Å². The Hall–Kier alpha value is -1.60. The van der Waals surface area contributed by atoms with Gasteiger partial charge >= 0.3 is 0 Å². The van der Waals surface area contributed by atoms with E-state index in [2.05, 4.69) is 0 Å². The Morgan fingerprint density at radius 2 is 1.95 bits per heavy atom. The Bertz CT molecular complexity index is 535. The molecule has 7 heteroatoms. The number of hydrogen-bond acceptors (Lipinski definition) is 4. The van der Waals surface area contributed by atoms with Crippen LogP contribution >= 0.6 is 11.8 Å². The Morgan fingerprint density at radius 3 is 2.64 bits per heavy atom. The lowest BCUT2D eigenvalue weighted by molar-refractivity contribution is -0.132. The SMILES string of the molecule is CN(C(=O)CSCC(=O)N1CCOCC1)c1ccccc1F. The molecule has 120 valence electrons. The van der Waals surface area contributed by atoms with Crippen LogP contribution in [-0.4, -0.2) is 61.6 Å². The molecule has 1 fully saturated rings. The third-order valence-electron chi connectivity index (χ3n) is 3.40. The number of carbonyl (C=O) groups excluding carboxylic acids is 2. The molecule has 1 aliphatic heterocycles. The number of anilines is 1. The first kappa shape index (κ1) is 16.8. The summed E-state index contributed by atoms with van der Waals surface area (Å²) in [5, 5.41) is 0. The van der Waals surface area contributed by atoms with Crippen molar-refractivity contribution in [2.24, 2.45) is 0 Å². The second-order valence-electron chi connectivity index (χ2n) is 4.89. The van der Waals surface area contributed by atoms with Crippen LogP contribution in [0.1, 0.15) is 0 Å². The van der Waals surface area contributed by atoms with E-state index in [1.807, 2.05) is 0 Å². The fourth-order valence-electron chi connectivity index (χ4n) is 2.08. The van der Waals surface area contributed by atoms with Crippen LogP contribution in [0.3, 0.4) is 0 Å². The maximum atomic E-state index is 13.6. The van der Waals surface area contributed by atoms with E-state index < -0.39 is 5.82 Å². The third-order valence-corrected chi connectivity index (χ3v) is 4.30. The topological polar surface area (TPSA) is 49.9 Å². The van der Waals surface area contributed by atoms with Gasteiger partial charge in [-0.15, -0.1) is 11.8 Å². The number of para-hydroxylation sites is 1. The Labute approximate surface area is 133 Å². The van der Waals surface area contributed by atoms with Gasteiger partial charge in [-0.1, -0.05) is 12.1 Å². The van der Waals surface area contributed by atoms with Crippen molar-refractivity contribution in [1.29, 1.82) is 0 Å². The molecule has 0 N–H and O–H groups in total. The van der Waals surface area contributed by atoms with Gasteiger partial charge in [-0.25, -0.2) is 4.39 Å². The molecule has 1 saturated heterocycles. The summed E-state index contributed by atoms with van der Waals surface area (Å²) in [6, 6.07) is 6.12. The summed E-state index contributed by atoms with van der Waals surface area (Å²) < 4.78 is 18.8. The maximum absolute atomic E-state index is 13.6. The van der Waals surface area contributed by atoms with Crippen molar-refractivity contribution in [2.45, 2.75) is 0 Å². The molecule has 0 aliphatic carbocycles. The summed E-state index contributed by atoms with van der Waals surface area (Å²) in [6.45, 7) is 2.32. The van der Waals surface area contributed by atoms with Gasteiger partial charge in [0.25, 0.3) is 0 Å². The zero-order chi connectivity index (χ0) is 15.9. The highest BCUT2D eigenvalue weighted by atomic mass is 32.2. The Morgan fingerprint density at radius 1 is 1.27 bits per heavy atom. The fourth-order valence-corrected chi connectivity index (χ4v) is 2.91. The average molecular weight is 326 g/mol. The van der Waals surface area contributed by atoms with Crippen molar-refractivity contribution in [3.8, 4) is 0 Å². The highest BCUT2D eigenvalue weighted by Crippen LogP contribution is 2.18. The molecule has 1 aromatic rings. The standard InChI is InChI=1S/C15H19FN2O3S/c1-17(13-5-3-2-4-12(13)16)14(19)10-22-11-15(20)18-6-8-21-9-7-18/h2-5H,6-11H2,1H3. The second kappa shape index (κ2) is 8.14. The summed E-state index contributed by atoms with van der Waals surface area (Å²) in [5.41, 5.74) is 0.243. The molecule has 2 amide bonds. The van der Waals surface area contributed by atoms with Crippen LogP contribution in [0.2, 0.25) is 0 Å². The predicted octanol–water partition coefficient (Wildman–Crippen LogP) is 1.38. The minimum absolute atomic E-state index is 0.00893. The summed E-state index contributed by atoms with van der Waals surface area (Å²) in [6.07, 6.45) is 0. The molecule has 0 spiro atoms. The lowest BCUT2D eigenvalue weighted by atomic mass is 10.3. The van der Waals surface area contributed by atoms with Crippen LogP contribution in [0.5, 0.6) is 0 Å². The number of benzene rings is 1. The van der Waals surface area contributed by atoms with E-state index in [-0.39, 0.29) is 29.0 Å². The minimum atomic E-state index is -0.437. The highest BCUT2D eigenvalue weighted by Gasteiger charge is 2.18. The molecular weight excluding hydrogens is 307 g/mol. The maximum Gasteiger partial charge on any atom is 0.236 e. The quantitative estimate of drug-likeness (QED) is 0.820. The van der Waals surface area contributed by atoms with Gasteiger partial charge in [0.1, 0.15) is 5.82 Å². The van der Waals surface area contributed by atoms with Gasteiger partial charge in [0.05, 0.1) is 30.4 Å². The van der Waals surface area contributed by atoms with Crippen molar-refractivity contribution in [3.05, 3.63) is 30.1 Å². The van der Waals surface area contributed by atoms with Crippen molar-refractivity contribution < 1.29 is 18.7 Å². The van der Waals surface area contributed by atoms with Crippen molar-refractivity contribution in [3.63, 3.8) is 0 Å². The Balaban J connectivity index is 1.77. The number of amides is 2. The molecule has 22 heavy (non-hydrogen) atoms. The molecule has 0 unspecified atom stereocenters. The molecule has 1 aliphatic rings. The van der Waals surface area contributed by atoms with Crippen LogP contribution in [0, 0.1) is 5.82 Å². The summed E-state index contributed by atoms with van der Waals surface area (Å²) in [7, 11) is 1.53. The zero-order valence-electron chi connectivity index (χ0n) is 12.5. The van der Waals surface area contributed by atoms with Crippen LogP contribution in [0.25, 0.3) is 0 Å². The molecule has 0 bridgehead atoms. The first-order chi connectivity index (χ1) is 10.6. The van der Waals surface area contributed by atoms with E-state index in [0.717, 1.165) is 0 Å². The first-order valence-corrected chi connectivity index (χ1v) is 8.19. The number of hydrogen-bond donors (Lipinski definition) is 0. The summed E-state index contributed by atoms with van der Waals surface area (Å²) in [4.78, 5) is 27.0. The van der Waals surface area contributed by atoms with E-state index in [0.29, 0.717) is 26.3 Å². The van der Waals surface area contributed by atoms with Gasteiger partial charge in [0, 0.05) is 20.1 Å². The monoisotopic (exact) mass is 326 g/mol. The lowest BCUT2D eigenvalue weighted by Gasteiger charge is -2.26. The molecule has 1 aromatic carbocycles. The van der Waals surface area contributed by atoms with Crippen LogP contribution in [0.15, 0.2) is 24.3 Å². The van der Waals surface area contributed by atoms with E-state index >= 15 is 0 Å². The average Bonchev–Trinajstić information content (AvgIpc) is 2.55. The van der Waals surface area contributed by atoms with Crippen molar-refractivity contribution >= 4 is 29.3 Å². The highest BCUT2D eigenvalue weighted by molar-refractivity contribution is 8.00. The van der Waals surface area contributed by atoms with E-state index in [9.17, 15) is 14.0 Å². The van der Waals surface area contributed by atoms with Gasteiger partial charge < -0.3 is 14.5 Å². The molecule has 0 atom stereocenters. The molecule has 2 rings (SSSR count). The van der Waals surface area contributed by atoms with Crippen LogP contribution < -0.4 is 4.90 Å². The molecule has 5 nitrogen and oxygen atoms in total. The number of thioether (sulfide) groups is 1. The van der Waals surface area contributed by atoms with Crippen LogP contribution in [-0.2, 0) is 14.3 Å². The molecule has 0 saturated carbocycles. The number of halogens is 1. The number of carbonyl (C=O) groups is 2. The molecular formula is C15H19FN2O3S. The van der Waals surface area contributed by atoms with Gasteiger partial charge in [0.2, 0.25) is 11.8 Å². The summed E-state index contributed by atoms with van der Waals surface area (Å²) >= 11 is 1.25. The number of morpholine rings is 1. The second-order valence-corrected chi connectivity index (χ2v) is 5.88. The predicted molar refractivity (Wildman–Crippen MR) is 84.5 cm³/mol. The summed E-state index contributed by atoms with van der Waals surface area (Å²) in [5.74, 6) is -0.273. The third kappa shape index (κ3) is 4.45. The molecule has 0 radical (unpaired) electrons. The van der Waals surface area contributed by atoms with Crippen molar-refractivity contribution in [2.75, 3.05) is 49.8 Å². The molecule has 0 aromatic heterocycles. The number of nitrogens with zero attached hydrogens (tertiary/aromatic N) is 2. The number of ether oxygens (including phenoxy) is 1. The lowest BCUT2D eigenvalue weighted by Crippen LogP contribution is -2.41. The minimum Gasteiger partial charge on any atom is -0.378 e. The molecule has 1 heterocycles. The van der Waals surface area contributed by atoms with Gasteiger partial charge in [-0.2, -0.15) is 0 Å². The largest absolute Gasteiger partial charge is 0.378 e. The normalized spacial score (nSPS) is 14.7. The fraction of sp³-hybridized carbons (Fsp3) is 0.467. The van der Waals surface area contributed by atoms with Crippen LogP contribution in [0.4, 0.5) is 10.1 Å². The van der Waals surface area contributed by atoms with E-state index in [1.165, 1.54) is 29.8 Å².